The Balaban J connectivity index is 1.93. The molecule has 0 saturated heterocycles. The van der Waals surface area contributed by atoms with E-state index in [-0.39, 0.29) is 12.4 Å². The number of aliphatic imine (C=N–C) groups is 1. The smallest absolute Gasteiger partial charge is 0.336 e. The zero-order valence-electron chi connectivity index (χ0n) is 15.7. The van der Waals surface area contributed by atoms with Crippen LogP contribution in [0.15, 0.2) is 64.8 Å². The first kappa shape index (κ1) is 17.4. The van der Waals surface area contributed by atoms with Crippen molar-refractivity contribution in [3.63, 3.8) is 0 Å². The standard InChI is InChI=1S/C23H21NO3/c1-4-27-23(26)18-14(3)24-21-16-7-5-6-8-17(16)22(25)20(21)19(18)15-11-9-13(2)10-12-15/h5-12,19-20H,4H2,1-3H3/t19-,20-/m1/s1. The zero-order chi connectivity index (χ0) is 19.1. The molecule has 136 valence electrons. The molecule has 4 heteroatoms. The molecular formula is C23H21NO3. The average molecular weight is 359 g/mol. The molecule has 0 saturated carbocycles. The highest BCUT2D eigenvalue weighted by Crippen LogP contribution is 2.45. The lowest BCUT2D eigenvalue weighted by molar-refractivity contribution is -0.139. The molecule has 2 aromatic carbocycles. The number of carbonyl (C=O) groups is 2. The molecule has 2 aromatic rings. The van der Waals surface area contributed by atoms with Gasteiger partial charge < -0.3 is 4.74 Å². The topological polar surface area (TPSA) is 55.7 Å². The molecule has 4 rings (SSSR count). The predicted octanol–water partition coefficient (Wildman–Crippen LogP) is 4.23. The number of carbonyl (C=O) groups excluding carboxylic acids is 2. The van der Waals surface area contributed by atoms with Crippen molar-refractivity contribution < 1.29 is 14.3 Å². The van der Waals surface area contributed by atoms with Crippen LogP contribution in [-0.4, -0.2) is 24.1 Å². The van der Waals surface area contributed by atoms with Gasteiger partial charge in [-0.25, -0.2) is 4.79 Å². The van der Waals surface area contributed by atoms with Gasteiger partial charge in [0.25, 0.3) is 0 Å². The number of Topliss-reactive ketones (excluding diaryl/α,β-unsaturated/α-hetero) is 1. The Labute approximate surface area is 158 Å². The Morgan fingerprint density at radius 2 is 1.67 bits per heavy atom. The second kappa shape index (κ2) is 6.62. The summed E-state index contributed by atoms with van der Waals surface area (Å²) in [4.78, 5) is 30.7. The molecule has 0 radical (unpaired) electrons. The lowest BCUT2D eigenvalue weighted by Crippen LogP contribution is -2.32. The average Bonchev–Trinajstić information content (AvgIpc) is 2.94. The number of aryl methyl sites for hydroxylation is 1. The highest BCUT2D eigenvalue weighted by Gasteiger charge is 2.47. The van der Waals surface area contributed by atoms with E-state index in [0.29, 0.717) is 16.8 Å². The summed E-state index contributed by atoms with van der Waals surface area (Å²) in [7, 11) is 0. The van der Waals surface area contributed by atoms with Gasteiger partial charge in [0, 0.05) is 22.7 Å². The fraction of sp³-hybridized carbons (Fsp3) is 0.261. The number of nitrogens with zero attached hydrogens (tertiary/aromatic N) is 1. The third kappa shape index (κ3) is 2.72. The third-order valence-corrected chi connectivity index (χ3v) is 5.30. The van der Waals surface area contributed by atoms with Crippen molar-refractivity contribution in [1.29, 1.82) is 0 Å². The Morgan fingerprint density at radius 3 is 2.33 bits per heavy atom. The van der Waals surface area contributed by atoms with Crippen LogP contribution >= 0.6 is 0 Å². The van der Waals surface area contributed by atoms with Crippen LogP contribution in [0, 0.1) is 12.8 Å². The Morgan fingerprint density at radius 1 is 1.00 bits per heavy atom. The van der Waals surface area contributed by atoms with E-state index in [4.69, 9.17) is 4.74 Å². The molecule has 1 heterocycles. The summed E-state index contributed by atoms with van der Waals surface area (Å²) in [5.74, 6) is -1.26. The van der Waals surface area contributed by atoms with Crippen molar-refractivity contribution >= 4 is 17.5 Å². The highest BCUT2D eigenvalue weighted by atomic mass is 16.5. The minimum atomic E-state index is -0.492. The van der Waals surface area contributed by atoms with E-state index >= 15 is 0 Å². The Hall–Kier alpha value is -3.01. The highest BCUT2D eigenvalue weighted by molar-refractivity contribution is 6.30. The second-order valence-electron chi connectivity index (χ2n) is 6.99. The molecule has 0 bridgehead atoms. The summed E-state index contributed by atoms with van der Waals surface area (Å²) in [6.45, 7) is 5.90. The number of ketones is 1. The van der Waals surface area contributed by atoms with Crippen molar-refractivity contribution in [1.82, 2.24) is 0 Å². The summed E-state index contributed by atoms with van der Waals surface area (Å²) in [6.07, 6.45) is 0. The van der Waals surface area contributed by atoms with Crippen molar-refractivity contribution in [3.05, 3.63) is 82.1 Å². The molecule has 1 aliphatic carbocycles. The number of hydrogen-bond acceptors (Lipinski definition) is 4. The summed E-state index contributed by atoms with van der Waals surface area (Å²) in [5, 5.41) is 0. The molecule has 2 aliphatic rings. The van der Waals surface area contributed by atoms with Crippen LogP contribution in [0.2, 0.25) is 0 Å². The number of fused-ring (bicyclic) bond motifs is 3. The van der Waals surface area contributed by atoms with Crippen molar-refractivity contribution in [2.24, 2.45) is 10.9 Å². The lowest BCUT2D eigenvalue weighted by atomic mass is 9.75. The number of hydrogen-bond donors (Lipinski definition) is 0. The van der Waals surface area contributed by atoms with Gasteiger partial charge in [0.2, 0.25) is 0 Å². The van der Waals surface area contributed by atoms with Gasteiger partial charge in [-0.3, -0.25) is 9.79 Å². The fourth-order valence-electron chi connectivity index (χ4n) is 4.07. The monoisotopic (exact) mass is 359 g/mol. The quantitative estimate of drug-likeness (QED) is 0.771. The van der Waals surface area contributed by atoms with Gasteiger partial charge in [0.05, 0.1) is 23.8 Å². The fourth-order valence-corrected chi connectivity index (χ4v) is 4.07. The largest absolute Gasteiger partial charge is 0.463 e. The maximum absolute atomic E-state index is 13.3. The first-order valence-electron chi connectivity index (χ1n) is 9.19. The first-order chi connectivity index (χ1) is 13.0. The van der Waals surface area contributed by atoms with Crippen LogP contribution in [-0.2, 0) is 9.53 Å². The van der Waals surface area contributed by atoms with Crippen molar-refractivity contribution in [2.45, 2.75) is 26.7 Å². The van der Waals surface area contributed by atoms with E-state index < -0.39 is 17.8 Å². The van der Waals surface area contributed by atoms with E-state index in [1.807, 2.05) is 62.4 Å². The van der Waals surface area contributed by atoms with Crippen LogP contribution in [0.25, 0.3) is 0 Å². The predicted molar refractivity (Wildman–Crippen MR) is 104 cm³/mol. The molecule has 0 N–H and O–H groups in total. The van der Waals surface area contributed by atoms with Gasteiger partial charge in [0.1, 0.15) is 0 Å². The van der Waals surface area contributed by atoms with Crippen LogP contribution in [0.5, 0.6) is 0 Å². The summed E-state index contributed by atoms with van der Waals surface area (Å²) >= 11 is 0. The molecule has 0 unspecified atom stereocenters. The minimum absolute atomic E-state index is 0.0178. The Bertz CT molecular complexity index is 999. The van der Waals surface area contributed by atoms with Crippen LogP contribution in [0.3, 0.4) is 0 Å². The lowest BCUT2D eigenvalue weighted by Gasteiger charge is -2.30. The van der Waals surface area contributed by atoms with Gasteiger partial charge in [-0.05, 0) is 26.3 Å². The number of rotatable bonds is 3. The van der Waals surface area contributed by atoms with E-state index in [1.54, 1.807) is 6.92 Å². The van der Waals surface area contributed by atoms with Crippen LogP contribution in [0.1, 0.15) is 46.8 Å². The van der Waals surface area contributed by atoms with E-state index in [0.717, 1.165) is 22.4 Å². The van der Waals surface area contributed by atoms with Crippen LogP contribution < -0.4 is 0 Å². The SMILES string of the molecule is CCOC(=O)C1=C(C)N=C2c3ccccc3C(=O)[C@@H]2[C@@H]1c1ccc(C)cc1. The summed E-state index contributed by atoms with van der Waals surface area (Å²) in [5.41, 5.74) is 5.46. The maximum Gasteiger partial charge on any atom is 0.336 e. The molecule has 4 nitrogen and oxygen atoms in total. The van der Waals surface area contributed by atoms with Gasteiger partial charge >= 0.3 is 5.97 Å². The first-order valence-corrected chi connectivity index (χ1v) is 9.19. The van der Waals surface area contributed by atoms with E-state index in [2.05, 4.69) is 4.99 Å². The normalized spacial score (nSPS) is 20.9. The second-order valence-corrected chi connectivity index (χ2v) is 6.99. The summed E-state index contributed by atoms with van der Waals surface area (Å²) in [6, 6.07) is 15.5. The van der Waals surface area contributed by atoms with Crippen molar-refractivity contribution in [2.75, 3.05) is 6.61 Å². The molecule has 0 amide bonds. The van der Waals surface area contributed by atoms with Gasteiger partial charge in [-0.1, -0.05) is 54.1 Å². The van der Waals surface area contributed by atoms with E-state index in [1.165, 1.54) is 0 Å². The maximum atomic E-state index is 13.3. The van der Waals surface area contributed by atoms with Crippen LogP contribution in [0.4, 0.5) is 0 Å². The zero-order valence-corrected chi connectivity index (χ0v) is 15.7. The van der Waals surface area contributed by atoms with Crippen molar-refractivity contribution in [3.8, 4) is 0 Å². The molecule has 27 heavy (non-hydrogen) atoms. The Kier molecular flexibility index (Phi) is 4.27. The molecule has 0 aromatic heterocycles. The molecule has 0 fully saturated rings. The van der Waals surface area contributed by atoms with Gasteiger partial charge in [-0.2, -0.15) is 0 Å². The molecular weight excluding hydrogens is 338 g/mol. The molecule has 0 spiro atoms. The summed E-state index contributed by atoms with van der Waals surface area (Å²) < 4.78 is 5.31. The number of ether oxygens (including phenoxy) is 1. The number of benzene rings is 2. The molecule has 1 aliphatic heterocycles. The number of esters is 1. The van der Waals surface area contributed by atoms with Gasteiger partial charge in [-0.15, -0.1) is 0 Å². The molecule has 2 atom stereocenters. The minimum Gasteiger partial charge on any atom is -0.463 e. The van der Waals surface area contributed by atoms with E-state index in [9.17, 15) is 9.59 Å². The van der Waals surface area contributed by atoms with Gasteiger partial charge in [0.15, 0.2) is 5.78 Å². The number of allylic oxidation sites excluding steroid dienone is 1. The third-order valence-electron chi connectivity index (χ3n) is 5.30.